The molecule has 5 nitrogen and oxygen atoms in total. The molecular weight excluding hydrogens is 242 g/mol. The van der Waals surface area contributed by atoms with E-state index in [1.165, 1.54) is 13.0 Å². The van der Waals surface area contributed by atoms with Crippen LogP contribution in [0.25, 0.3) is 0 Å². The van der Waals surface area contributed by atoms with Gasteiger partial charge in [0.15, 0.2) is 0 Å². The Bertz CT molecular complexity index is 261. The molecule has 2 N–H and O–H groups in total. The van der Waals surface area contributed by atoms with Crippen LogP contribution >= 0.6 is 0 Å². The van der Waals surface area contributed by atoms with E-state index in [1.807, 2.05) is 11.9 Å². The Kier molecular flexibility index (Phi) is 7.34. The molecular formula is C14H29N3O2. The van der Waals surface area contributed by atoms with Crippen LogP contribution in [0.1, 0.15) is 32.6 Å². The van der Waals surface area contributed by atoms with Crippen LogP contribution in [0.4, 0.5) is 0 Å². The van der Waals surface area contributed by atoms with Gasteiger partial charge in [0.1, 0.15) is 0 Å². The largest absolute Gasteiger partial charge is 0.380 e. The number of hydrogen-bond acceptors (Lipinski definition) is 4. The second kappa shape index (κ2) is 8.51. The molecule has 112 valence electrons. The molecule has 0 aromatic heterocycles. The van der Waals surface area contributed by atoms with E-state index in [-0.39, 0.29) is 12.0 Å². The summed E-state index contributed by atoms with van der Waals surface area (Å²) in [5.41, 5.74) is 5.56. The Morgan fingerprint density at radius 2 is 2.11 bits per heavy atom. The summed E-state index contributed by atoms with van der Waals surface area (Å²) in [6.45, 7) is 5.97. The lowest BCUT2D eigenvalue weighted by molar-refractivity contribution is -0.135. The van der Waals surface area contributed by atoms with Gasteiger partial charge >= 0.3 is 0 Å². The van der Waals surface area contributed by atoms with Crippen LogP contribution in [0.2, 0.25) is 0 Å². The smallest absolute Gasteiger partial charge is 0.225 e. The zero-order chi connectivity index (χ0) is 14.3. The van der Waals surface area contributed by atoms with Crippen LogP contribution in [0.3, 0.4) is 0 Å². The summed E-state index contributed by atoms with van der Waals surface area (Å²) in [7, 11) is 3.51. The zero-order valence-corrected chi connectivity index (χ0v) is 12.6. The summed E-state index contributed by atoms with van der Waals surface area (Å²) in [6, 6.07) is 0.371. The number of nitrogens with zero attached hydrogens (tertiary/aromatic N) is 2. The summed E-state index contributed by atoms with van der Waals surface area (Å²) >= 11 is 0. The molecule has 0 radical (unpaired) electrons. The summed E-state index contributed by atoms with van der Waals surface area (Å²) in [5, 5.41) is 0. The minimum atomic E-state index is -0.157. The fourth-order valence-corrected chi connectivity index (χ4v) is 2.65. The quantitative estimate of drug-likeness (QED) is 0.740. The van der Waals surface area contributed by atoms with Gasteiger partial charge in [0.05, 0.1) is 12.5 Å². The molecule has 1 rings (SSSR count). The first-order chi connectivity index (χ1) is 9.12. The van der Waals surface area contributed by atoms with Gasteiger partial charge in [-0.25, -0.2) is 0 Å². The molecule has 1 aliphatic rings. The van der Waals surface area contributed by atoms with Crippen molar-refractivity contribution < 1.29 is 9.53 Å². The van der Waals surface area contributed by atoms with E-state index >= 15 is 0 Å². The maximum absolute atomic E-state index is 12.2. The minimum absolute atomic E-state index is 0.145. The van der Waals surface area contributed by atoms with E-state index in [4.69, 9.17) is 10.5 Å². The Balaban J connectivity index is 2.37. The third kappa shape index (κ3) is 5.09. The molecule has 1 heterocycles. The van der Waals surface area contributed by atoms with E-state index in [0.717, 1.165) is 25.9 Å². The van der Waals surface area contributed by atoms with Crippen LogP contribution < -0.4 is 5.73 Å². The Hall–Kier alpha value is -0.650. The highest BCUT2D eigenvalue weighted by atomic mass is 16.5. The molecule has 1 aliphatic heterocycles. The highest BCUT2D eigenvalue weighted by Gasteiger charge is 2.26. The van der Waals surface area contributed by atoms with Crippen molar-refractivity contribution in [2.75, 3.05) is 40.3 Å². The van der Waals surface area contributed by atoms with Crippen molar-refractivity contribution in [2.24, 2.45) is 5.73 Å². The number of carbonyl (C=O) groups is 1. The van der Waals surface area contributed by atoms with Gasteiger partial charge in [-0.15, -0.1) is 0 Å². The molecule has 0 saturated carbocycles. The number of rotatable bonds is 7. The molecule has 19 heavy (non-hydrogen) atoms. The van der Waals surface area contributed by atoms with E-state index in [0.29, 0.717) is 19.0 Å². The molecule has 0 spiro atoms. The molecule has 1 atom stereocenters. The molecule has 1 fully saturated rings. The van der Waals surface area contributed by atoms with Gasteiger partial charge in [0.25, 0.3) is 0 Å². The summed E-state index contributed by atoms with van der Waals surface area (Å²) in [5.74, 6) is 0.145. The lowest BCUT2D eigenvalue weighted by Crippen LogP contribution is -2.46. The van der Waals surface area contributed by atoms with Crippen molar-refractivity contribution in [1.82, 2.24) is 9.80 Å². The molecule has 0 bridgehead atoms. The van der Waals surface area contributed by atoms with Gasteiger partial charge in [-0.3, -0.25) is 4.79 Å². The van der Waals surface area contributed by atoms with Gasteiger partial charge in [-0.1, -0.05) is 6.92 Å². The average molecular weight is 271 g/mol. The third-order valence-electron chi connectivity index (χ3n) is 4.04. The number of methoxy groups -OCH3 is 1. The molecule has 0 aromatic rings. The van der Waals surface area contributed by atoms with E-state index < -0.39 is 0 Å². The predicted molar refractivity (Wildman–Crippen MR) is 77.0 cm³/mol. The van der Waals surface area contributed by atoms with Crippen LogP contribution in [-0.4, -0.2) is 68.2 Å². The summed E-state index contributed by atoms with van der Waals surface area (Å²) in [4.78, 5) is 16.5. The van der Waals surface area contributed by atoms with Crippen molar-refractivity contribution in [3.05, 3.63) is 0 Å². The van der Waals surface area contributed by atoms with Crippen molar-refractivity contribution in [2.45, 2.75) is 44.8 Å². The van der Waals surface area contributed by atoms with Crippen LogP contribution in [-0.2, 0) is 9.53 Å². The lowest BCUT2D eigenvalue weighted by atomic mass is 10.0. The summed E-state index contributed by atoms with van der Waals surface area (Å²) < 4.78 is 5.18. The fourth-order valence-electron chi connectivity index (χ4n) is 2.65. The molecule has 1 unspecified atom stereocenters. The second-order valence-electron chi connectivity index (χ2n) is 5.37. The van der Waals surface area contributed by atoms with Gasteiger partial charge < -0.3 is 20.3 Å². The molecule has 0 aliphatic carbocycles. The highest BCUT2D eigenvalue weighted by molar-refractivity contribution is 5.76. The molecule has 0 aromatic carbocycles. The van der Waals surface area contributed by atoms with Crippen LogP contribution in [0.15, 0.2) is 0 Å². The first-order valence-corrected chi connectivity index (χ1v) is 7.33. The monoisotopic (exact) mass is 271 g/mol. The Morgan fingerprint density at radius 1 is 1.47 bits per heavy atom. The number of carbonyl (C=O) groups excluding carboxylic acids is 1. The number of amides is 1. The summed E-state index contributed by atoms with van der Waals surface area (Å²) in [6.07, 6.45) is 3.57. The van der Waals surface area contributed by atoms with E-state index in [2.05, 4.69) is 11.8 Å². The SMILES string of the molecule is CCCN1CCC(N(C)C(=O)CC(CN)OC)CC1. The average Bonchev–Trinajstić information content (AvgIpc) is 2.45. The maximum atomic E-state index is 12.2. The van der Waals surface area contributed by atoms with Gasteiger partial charge in [-0.2, -0.15) is 0 Å². The number of piperidine rings is 1. The van der Waals surface area contributed by atoms with Crippen LogP contribution in [0, 0.1) is 0 Å². The number of likely N-dealkylation sites (tertiary alicyclic amines) is 1. The number of ether oxygens (including phenoxy) is 1. The normalized spacial score (nSPS) is 19.4. The molecule has 5 heteroatoms. The number of nitrogens with two attached hydrogens (primary N) is 1. The van der Waals surface area contributed by atoms with E-state index in [1.54, 1.807) is 7.11 Å². The zero-order valence-electron chi connectivity index (χ0n) is 12.6. The fraction of sp³-hybridized carbons (Fsp3) is 0.929. The van der Waals surface area contributed by atoms with Crippen molar-refractivity contribution in [1.29, 1.82) is 0 Å². The highest BCUT2D eigenvalue weighted by Crippen LogP contribution is 2.16. The first kappa shape index (κ1) is 16.4. The maximum Gasteiger partial charge on any atom is 0.225 e. The topological polar surface area (TPSA) is 58.8 Å². The lowest BCUT2D eigenvalue weighted by Gasteiger charge is -2.37. The molecule has 1 saturated heterocycles. The molecule has 1 amide bonds. The van der Waals surface area contributed by atoms with Crippen molar-refractivity contribution in [3.8, 4) is 0 Å². The second-order valence-corrected chi connectivity index (χ2v) is 5.37. The predicted octanol–water partition coefficient (Wildman–Crippen LogP) is 0.683. The van der Waals surface area contributed by atoms with Gasteiger partial charge in [0, 0.05) is 39.8 Å². The van der Waals surface area contributed by atoms with Crippen molar-refractivity contribution in [3.63, 3.8) is 0 Å². The van der Waals surface area contributed by atoms with Crippen LogP contribution in [0.5, 0.6) is 0 Å². The Morgan fingerprint density at radius 3 is 2.58 bits per heavy atom. The van der Waals surface area contributed by atoms with Crippen molar-refractivity contribution >= 4 is 5.91 Å². The van der Waals surface area contributed by atoms with E-state index in [9.17, 15) is 4.79 Å². The van der Waals surface area contributed by atoms with Gasteiger partial charge in [0.2, 0.25) is 5.91 Å². The minimum Gasteiger partial charge on any atom is -0.380 e. The number of hydrogen-bond donors (Lipinski definition) is 1. The Labute approximate surface area is 117 Å². The first-order valence-electron chi connectivity index (χ1n) is 7.33. The third-order valence-corrected chi connectivity index (χ3v) is 4.04. The standard InChI is InChI=1S/C14H29N3O2/c1-4-7-17-8-5-12(6-9-17)16(2)14(18)10-13(11-15)19-3/h12-13H,4-11,15H2,1-3H3. The van der Waals surface area contributed by atoms with Gasteiger partial charge in [-0.05, 0) is 25.8 Å².